The van der Waals surface area contributed by atoms with Crippen LogP contribution in [0.4, 0.5) is 0 Å². The van der Waals surface area contributed by atoms with Gasteiger partial charge in [0.25, 0.3) is 5.91 Å². The lowest BCUT2D eigenvalue weighted by molar-refractivity contribution is 0.0950. The molecule has 4 aromatic rings. The molecule has 1 amide bonds. The molecule has 32 heavy (non-hydrogen) atoms. The number of aromatic amines is 1. The van der Waals surface area contributed by atoms with Crippen molar-refractivity contribution in [3.05, 3.63) is 65.7 Å². The van der Waals surface area contributed by atoms with Crippen molar-refractivity contribution in [2.75, 3.05) is 27.4 Å². The lowest BCUT2D eigenvalue weighted by Gasteiger charge is -2.10. The number of pyridine rings is 1. The highest BCUT2D eigenvalue weighted by atomic mass is 16.5. The van der Waals surface area contributed by atoms with Gasteiger partial charge in [-0.05, 0) is 43.7 Å². The third-order valence-electron chi connectivity index (χ3n) is 5.31. The van der Waals surface area contributed by atoms with E-state index in [0.29, 0.717) is 35.4 Å². The van der Waals surface area contributed by atoms with Gasteiger partial charge in [0.1, 0.15) is 5.75 Å². The van der Waals surface area contributed by atoms with Crippen molar-refractivity contribution in [2.45, 2.75) is 13.3 Å². The average molecular weight is 431 g/mol. The monoisotopic (exact) mass is 430 g/mol. The maximum atomic E-state index is 13.2. The van der Waals surface area contributed by atoms with E-state index < -0.39 is 0 Å². The van der Waals surface area contributed by atoms with Gasteiger partial charge in [-0.3, -0.25) is 9.89 Å². The van der Waals surface area contributed by atoms with Crippen LogP contribution in [0.2, 0.25) is 0 Å². The van der Waals surface area contributed by atoms with Crippen molar-refractivity contribution in [1.82, 2.24) is 20.5 Å². The molecule has 0 spiro atoms. The zero-order chi connectivity index (χ0) is 22.5. The summed E-state index contributed by atoms with van der Waals surface area (Å²) in [6.45, 7) is 3.14. The highest BCUT2D eigenvalue weighted by Crippen LogP contribution is 2.32. The van der Waals surface area contributed by atoms with E-state index in [1.165, 1.54) is 0 Å². The van der Waals surface area contributed by atoms with Gasteiger partial charge in [0.05, 0.1) is 29.4 Å². The summed E-state index contributed by atoms with van der Waals surface area (Å²) in [5.41, 5.74) is 5.46. The molecule has 0 saturated heterocycles. The van der Waals surface area contributed by atoms with Crippen LogP contribution < -0.4 is 10.1 Å². The maximum absolute atomic E-state index is 13.2. The van der Waals surface area contributed by atoms with E-state index in [1.807, 2.05) is 61.5 Å². The van der Waals surface area contributed by atoms with Gasteiger partial charge in [-0.2, -0.15) is 5.10 Å². The number of nitrogens with one attached hydrogen (secondary N) is 2. The Morgan fingerprint density at radius 1 is 1.03 bits per heavy atom. The Balaban J connectivity index is 1.81. The number of nitrogens with zero attached hydrogens (tertiary/aromatic N) is 2. The fraction of sp³-hybridized carbons (Fsp3) is 0.240. The Kier molecular flexibility index (Phi) is 6.47. The second-order valence-corrected chi connectivity index (χ2v) is 7.55. The number of rotatable bonds is 8. The van der Waals surface area contributed by atoms with E-state index in [2.05, 4.69) is 15.5 Å². The number of carbonyl (C=O) groups excluding carboxylic acids is 1. The smallest absolute Gasteiger partial charge is 0.252 e. The number of fused-ring (bicyclic) bond motifs is 1. The largest absolute Gasteiger partial charge is 0.497 e. The number of aromatic nitrogens is 3. The molecule has 7 nitrogen and oxygen atoms in total. The van der Waals surface area contributed by atoms with Crippen molar-refractivity contribution in [3.8, 4) is 28.3 Å². The highest BCUT2D eigenvalue weighted by molar-refractivity contribution is 6.11. The standard InChI is InChI=1S/C25H26N4O3/c1-16-5-7-17(8-6-16)21-15-20(25(30)26-13-4-14-31-2)22-23(28-29-24(22)27-21)18-9-11-19(32-3)12-10-18/h5-12,15H,4,13-14H2,1-3H3,(H,26,30)(H,27,28,29). The molecule has 0 aliphatic rings. The number of ether oxygens (including phenoxy) is 2. The molecular formula is C25H26N4O3. The highest BCUT2D eigenvalue weighted by Gasteiger charge is 2.20. The SMILES string of the molecule is COCCCNC(=O)c1cc(-c2ccc(C)cc2)nc2n[nH]c(-c3ccc(OC)cc3)c12. The van der Waals surface area contributed by atoms with Crippen LogP contribution >= 0.6 is 0 Å². The molecule has 2 N–H and O–H groups in total. The number of hydrogen-bond acceptors (Lipinski definition) is 5. The van der Waals surface area contributed by atoms with Gasteiger partial charge < -0.3 is 14.8 Å². The minimum atomic E-state index is -0.168. The Hall–Kier alpha value is -3.71. The van der Waals surface area contributed by atoms with Gasteiger partial charge in [0, 0.05) is 31.4 Å². The second-order valence-electron chi connectivity index (χ2n) is 7.55. The normalized spacial score (nSPS) is 11.0. The minimum absolute atomic E-state index is 0.168. The van der Waals surface area contributed by atoms with Crippen LogP contribution in [-0.2, 0) is 4.74 Å². The third-order valence-corrected chi connectivity index (χ3v) is 5.31. The predicted octanol–water partition coefficient (Wildman–Crippen LogP) is 4.38. The van der Waals surface area contributed by atoms with Crippen molar-refractivity contribution in [1.29, 1.82) is 0 Å². The number of methoxy groups -OCH3 is 2. The molecule has 0 saturated carbocycles. The van der Waals surface area contributed by atoms with Crippen molar-refractivity contribution < 1.29 is 14.3 Å². The second kappa shape index (κ2) is 9.62. The lowest BCUT2D eigenvalue weighted by atomic mass is 10.0. The van der Waals surface area contributed by atoms with Crippen LogP contribution in [0.25, 0.3) is 33.5 Å². The Morgan fingerprint density at radius 2 is 1.75 bits per heavy atom. The average Bonchev–Trinajstić information content (AvgIpc) is 3.25. The van der Waals surface area contributed by atoms with Gasteiger partial charge in [0.2, 0.25) is 0 Å². The van der Waals surface area contributed by atoms with Crippen molar-refractivity contribution in [2.24, 2.45) is 0 Å². The molecule has 0 aliphatic carbocycles. The summed E-state index contributed by atoms with van der Waals surface area (Å²) in [5, 5.41) is 11.2. The minimum Gasteiger partial charge on any atom is -0.497 e. The van der Waals surface area contributed by atoms with Crippen molar-refractivity contribution >= 4 is 16.9 Å². The fourth-order valence-electron chi connectivity index (χ4n) is 3.56. The molecule has 0 unspecified atom stereocenters. The molecule has 2 aromatic carbocycles. The van der Waals surface area contributed by atoms with Gasteiger partial charge in [-0.1, -0.05) is 29.8 Å². The molecule has 0 atom stereocenters. The van der Waals surface area contributed by atoms with Gasteiger partial charge in [-0.15, -0.1) is 0 Å². The lowest BCUT2D eigenvalue weighted by Crippen LogP contribution is -2.25. The van der Waals surface area contributed by atoms with Crippen LogP contribution in [0.3, 0.4) is 0 Å². The summed E-state index contributed by atoms with van der Waals surface area (Å²) >= 11 is 0. The van der Waals surface area contributed by atoms with Crippen LogP contribution in [0.15, 0.2) is 54.6 Å². The zero-order valence-electron chi connectivity index (χ0n) is 18.4. The summed E-state index contributed by atoms with van der Waals surface area (Å²) in [5.74, 6) is 0.589. The number of hydrogen-bond donors (Lipinski definition) is 2. The summed E-state index contributed by atoms with van der Waals surface area (Å²) in [6, 6.07) is 17.5. The summed E-state index contributed by atoms with van der Waals surface area (Å²) in [4.78, 5) is 17.9. The molecule has 0 fully saturated rings. The van der Waals surface area contributed by atoms with E-state index >= 15 is 0 Å². The summed E-state index contributed by atoms with van der Waals surface area (Å²) < 4.78 is 10.3. The predicted molar refractivity (Wildman–Crippen MR) is 125 cm³/mol. The summed E-state index contributed by atoms with van der Waals surface area (Å²) in [7, 11) is 3.28. The van der Waals surface area contributed by atoms with Gasteiger partial charge >= 0.3 is 0 Å². The first-order valence-corrected chi connectivity index (χ1v) is 10.5. The number of carbonyl (C=O) groups is 1. The van der Waals surface area contributed by atoms with E-state index in [9.17, 15) is 4.79 Å². The fourth-order valence-corrected chi connectivity index (χ4v) is 3.56. The number of amides is 1. The first-order chi connectivity index (χ1) is 15.6. The first kappa shape index (κ1) is 21.5. The molecule has 164 valence electrons. The Bertz CT molecular complexity index is 1210. The molecule has 0 aliphatic heterocycles. The number of H-pyrrole nitrogens is 1. The van der Waals surface area contributed by atoms with Crippen LogP contribution in [0.1, 0.15) is 22.3 Å². The first-order valence-electron chi connectivity index (χ1n) is 10.5. The topological polar surface area (TPSA) is 89.1 Å². The van der Waals surface area contributed by atoms with Crippen LogP contribution in [0.5, 0.6) is 5.75 Å². The summed E-state index contributed by atoms with van der Waals surface area (Å²) in [6.07, 6.45) is 0.734. The molecular weight excluding hydrogens is 404 g/mol. The molecule has 0 bridgehead atoms. The molecule has 2 heterocycles. The van der Waals surface area contributed by atoms with E-state index in [4.69, 9.17) is 14.5 Å². The van der Waals surface area contributed by atoms with E-state index in [0.717, 1.165) is 34.6 Å². The number of benzene rings is 2. The quantitative estimate of drug-likeness (QED) is 0.405. The Labute approximate surface area is 186 Å². The molecule has 7 heteroatoms. The van der Waals surface area contributed by atoms with Gasteiger partial charge in [-0.25, -0.2) is 4.98 Å². The van der Waals surface area contributed by atoms with Crippen molar-refractivity contribution in [3.63, 3.8) is 0 Å². The van der Waals surface area contributed by atoms with Gasteiger partial charge in [0.15, 0.2) is 5.65 Å². The van der Waals surface area contributed by atoms with Crippen LogP contribution in [0, 0.1) is 6.92 Å². The Morgan fingerprint density at radius 3 is 2.44 bits per heavy atom. The maximum Gasteiger partial charge on any atom is 0.252 e. The number of aryl methyl sites for hydroxylation is 1. The molecule has 0 radical (unpaired) electrons. The molecule has 4 rings (SSSR count). The zero-order valence-corrected chi connectivity index (χ0v) is 18.4. The molecule has 2 aromatic heterocycles. The third kappa shape index (κ3) is 4.48. The van der Waals surface area contributed by atoms with E-state index in [-0.39, 0.29) is 5.91 Å². The van der Waals surface area contributed by atoms with E-state index in [1.54, 1.807) is 14.2 Å². The van der Waals surface area contributed by atoms with Crippen LogP contribution in [-0.4, -0.2) is 48.5 Å².